The topological polar surface area (TPSA) is 159 Å². The van der Waals surface area contributed by atoms with E-state index in [-0.39, 0.29) is 34.7 Å². The molecule has 1 aromatic carbocycles. The molecule has 41 heavy (non-hydrogen) atoms. The number of carboxylic acid groups (broad SMARTS) is 1. The molecule has 2 fully saturated rings. The number of aromatic nitrogens is 2. The van der Waals surface area contributed by atoms with E-state index in [9.17, 15) is 36.3 Å². The molecule has 4 heterocycles. The number of benzene rings is 1. The van der Waals surface area contributed by atoms with Crippen LogP contribution in [-0.4, -0.2) is 78.3 Å². The summed E-state index contributed by atoms with van der Waals surface area (Å²) in [5.74, 6) is -2.97. The van der Waals surface area contributed by atoms with E-state index < -0.39 is 53.4 Å². The molecule has 1 amide bonds. The van der Waals surface area contributed by atoms with Crippen molar-refractivity contribution in [3.05, 3.63) is 36.2 Å². The zero-order valence-electron chi connectivity index (χ0n) is 21.3. The molecule has 2 aliphatic rings. The largest absolute Gasteiger partial charge is 0.573 e. The minimum absolute atomic E-state index is 0.0191. The summed E-state index contributed by atoms with van der Waals surface area (Å²) in [5, 5.41) is 11.4. The van der Waals surface area contributed by atoms with E-state index in [1.54, 1.807) is 0 Å². The number of nitrogens with zero attached hydrogens (tertiary/aromatic N) is 5. The van der Waals surface area contributed by atoms with E-state index >= 15 is 0 Å². The van der Waals surface area contributed by atoms with Crippen molar-refractivity contribution >= 4 is 60.8 Å². The van der Waals surface area contributed by atoms with Gasteiger partial charge in [0.25, 0.3) is 0 Å². The highest BCUT2D eigenvalue weighted by molar-refractivity contribution is 7.74. The second-order valence-electron chi connectivity index (χ2n) is 9.58. The average molecular weight is 615 g/mol. The number of carbonyl (C=O) groups is 2. The van der Waals surface area contributed by atoms with Gasteiger partial charge < -0.3 is 25.4 Å². The van der Waals surface area contributed by atoms with Gasteiger partial charge in [-0.25, -0.2) is 27.5 Å². The number of halogens is 3. The molecule has 3 N–H and O–H groups in total. The fraction of sp³-hybridized carbons (Fsp3) is 0.417. The molecule has 2 aliphatic heterocycles. The molecule has 5 rings (SSSR count). The zero-order chi connectivity index (χ0) is 29.5. The molecule has 17 heteroatoms. The average Bonchev–Trinajstić information content (AvgIpc) is 3.65. The number of carboxylic acids is 1. The first-order valence-corrected chi connectivity index (χ1v) is 14.5. The predicted molar refractivity (Wildman–Crippen MR) is 144 cm³/mol. The van der Waals surface area contributed by atoms with Crippen LogP contribution in [0.1, 0.15) is 24.8 Å². The summed E-state index contributed by atoms with van der Waals surface area (Å²) in [6.45, 7) is 1.44. The van der Waals surface area contributed by atoms with Crippen LogP contribution in [0, 0.1) is 0 Å². The predicted octanol–water partition coefficient (Wildman–Crippen LogP) is 2.40. The van der Waals surface area contributed by atoms with Crippen LogP contribution in [0.15, 0.2) is 30.6 Å². The van der Waals surface area contributed by atoms with E-state index in [0.29, 0.717) is 10.5 Å². The summed E-state index contributed by atoms with van der Waals surface area (Å²) < 4.78 is 69.4. The number of carbonyl (C=O) groups excluding carboxylic acids is 1. The first kappa shape index (κ1) is 28.7. The van der Waals surface area contributed by atoms with Gasteiger partial charge in [0.2, 0.25) is 16.8 Å². The Bertz CT molecular complexity index is 1550. The molecular formula is C24H25F3N6O6S2. The van der Waals surface area contributed by atoms with Gasteiger partial charge in [-0.15, -0.1) is 13.2 Å². The molecule has 12 nitrogen and oxygen atoms in total. The molecule has 2 atom stereocenters. The second kappa shape index (κ2) is 11.2. The van der Waals surface area contributed by atoms with Crippen LogP contribution in [0.3, 0.4) is 0 Å². The first-order chi connectivity index (χ1) is 19.4. The van der Waals surface area contributed by atoms with Crippen LogP contribution < -0.4 is 19.7 Å². The lowest BCUT2D eigenvalue weighted by Gasteiger charge is -2.27. The second-order valence-corrected chi connectivity index (χ2v) is 11.5. The number of anilines is 3. The number of ether oxygens (including phenoxy) is 1. The third-order valence-electron chi connectivity index (χ3n) is 7.04. The number of likely N-dealkylation sites (tertiary alicyclic amines) is 1. The zero-order valence-corrected chi connectivity index (χ0v) is 23.0. The number of hydrogen-bond acceptors (Lipinski definition) is 10. The summed E-state index contributed by atoms with van der Waals surface area (Å²) >= 11 is 1.11. The number of nitrogen functional groups attached to an aromatic ring is 1. The van der Waals surface area contributed by atoms with Gasteiger partial charge in [-0.05, 0) is 48.4 Å². The number of aliphatic carboxylic acids is 1. The van der Waals surface area contributed by atoms with Gasteiger partial charge in [0.15, 0.2) is 5.13 Å². The van der Waals surface area contributed by atoms with Gasteiger partial charge in [0.05, 0.1) is 6.20 Å². The Kier molecular flexibility index (Phi) is 7.83. The molecule has 0 spiro atoms. The number of thiol groups is 1. The van der Waals surface area contributed by atoms with Crippen molar-refractivity contribution in [3.8, 4) is 5.75 Å². The quantitative estimate of drug-likeness (QED) is 0.306. The number of pyridine rings is 1. The summed E-state index contributed by atoms with van der Waals surface area (Å²) in [5.41, 5.74) is 5.67. The summed E-state index contributed by atoms with van der Waals surface area (Å²) in [6.07, 6.45) is -0.964. The molecule has 3 aromatic rings. The summed E-state index contributed by atoms with van der Waals surface area (Å²) in [7, 11) is -3.29. The van der Waals surface area contributed by atoms with Gasteiger partial charge in [-0.2, -0.15) is 0 Å². The number of hydrogen-bond donors (Lipinski definition) is 3. The fourth-order valence-electron chi connectivity index (χ4n) is 5.18. The lowest BCUT2D eigenvalue weighted by atomic mass is 10.00. The Hall–Kier alpha value is -3.86. The molecule has 0 unspecified atom stereocenters. The smallest absolute Gasteiger partial charge is 0.480 e. The molecule has 0 saturated carbocycles. The van der Waals surface area contributed by atoms with E-state index in [1.165, 1.54) is 24.5 Å². The summed E-state index contributed by atoms with van der Waals surface area (Å²) in [4.78, 5) is 37.0. The standard InChI is InChI=1S/C24H25F3N6O6S2/c25-24(26,27)39-18-11-15-13(3-5-29-20(15)28)9-14(18)10-17(22(35)36)32-8-4-16(21(32)34)33(41(37)38)19-12-30-23(40-19)31-6-1-2-7-31/h3,5,9,11-12,16-17,41H,1-2,4,6-8,10H2,(H2,28,29)(H,35,36)/t16-,17+/m0/s1. The lowest BCUT2D eigenvalue weighted by Crippen LogP contribution is -2.48. The maximum absolute atomic E-state index is 13.5. The van der Waals surface area contributed by atoms with Gasteiger partial charge in [-0.1, -0.05) is 11.3 Å². The lowest BCUT2D eigenvalue weighted by molar-refractivity contribution is -0.274. The van der Waals surface area contributed by atoms with Crippen molar-refractivity contribution in [2.75, 3.05) is 34.6 Å². The Labute approximate surface area is 237 Å². The van der Waals surface area contributed by atoms with Gasteiger partial charge in [-0.3, -0.25) is 4.79 Å². The van der Waals surface area contributed by atoms with Crippen molar-refractivity contribution in [3.63, 3.8) is 0 Å². The third kappa shape index (κ3) is 5.95. The molecule has 0 radical (unpaired) electrons. The van der Waals surface area contributed by atoms with Crippen LogP contribution in [0.25, 0.3) is 10.8 Å². The van der Waals surface area contributed by atoms with Crippen LogP contribution in [0.5, 0.6) is 5.75 Å². The normalized spacial score (nSPS) is 18.4. The molecule has 220 valence electrons. The van der Waals surface area contributed by atoms with Crippen molar-refractivity contribution in [1.82, 2.24) is 14.9 Å². The molecular weight excluding hydrogens is 589 g/mol. The molecule has 0 bridgehead atoms. The number of alkyl halides is 3. The van der Waals surface area contributed by atoms with E-state index in [1.807, 2.05) is 4.90 Å². The van der Waals surface area contributed by atoms with Crippen molar-refractivity contribution < 1.29 is 41.0 Å². The van der Waals surface area contributed by atoms with Crippen LogP contribution in [0.2, 0.25) is 0 Å². The minimum atomic E-state index is -5.09. The fourth-order valence-corrected chi connectivity index (χ4v) is 7.08. The van der Waals surface area contributed by atoms with Crippen molar-refractivity contribution in [2.45, 2.75) is 44.1 Å². The van der Waals surface area contributed by atoms with Crippen LogP contribution in [-0.2, 0) is 26.9 Å². The highest BCUT2D eigenvalue weighted by Gasteiger charge is 2.44. The number of nitrogens with two attached hydrogens (primary N) is 1. The number of rotatable bonds is 9. The Morgan fingerprint density at radius 3 is 2.63 bits per heavy atom. The number of amides is 1. The SMILES string of the molecule is Nc1nccc2cc(C[C@H](C(=O)O)N3CC[C@H](N(c4cnc(N5CCCC5)s4)[SH](=O)=O)C3=O)c(OC(F)(F)F)cc12. The highest BCUT2D eigenvalue weighted by Crippen LogP contribution is 2.37. The first-order valence-electron chi connectivity index (χ1n) is 12.5. The van der Waals surface area contributed by atoms with E-state index in [2.05, 4.69) is 14.7 Å². The van der Waals surface area contributed by atoms with Crippen molar-refractivity contribution in [2.24, 2.45) is 0 Å². The Balaban J connectivity index is 1.44. The Morgan fingerprint density at radius 1 is 1.24 bits per heavy atom. The minimum Gasteiger partial charge on any atom is -0.480 e. The molecule has 2 saturated heterocycles. The number of fused-ring (bicyclic) bond motifs is 1. The Morgan fingerprint density at radius 2 is 1.98 bits per heavy atom. The van der Waals surface area contributed by atoms with Gasteiger partial charge >= 0.3 is 12.3 Å². The van der Waals surface area contributed by atoms with Crippen LogP contribution in [0.4, 0.5) is 29.1 Å². The van der Waals surface area contributed by atoms with Crippen molar-refractivity contribution in [1.29, 1.82) is 0 Å². The molecule has 2 aromatic heterocycles. The maximum atomic E-state index is 13.5. The molecule has 0 aliphatic carbocycles. The van der Waals surface area contributed by atoms with Gasteiger partial charge in [0.1, 0.15) is 28.7 Å². The monoisotopic (exact) mass is 614 g/mol. The summed E-state index contributed by atoms with van der Waals surface area (Å²) in [6, 6.07) is 0.999. The van der Waals surface area contributed by atoms with E-state index in [4.69, 9.17) is 5.73 Å². The van der Waals surface area contributed by atoms with E-state index in [0.717, 1.165) is 52.5 Å². The van der Waals surface area contributed by atoms with Gasteiger partial charge in [0, 0.05) is 37.6 Å². The maximum Gasteiger partial charge on any atom is 0.573 e. The third-order valence-corrected chi connectivity index (χ3v) is 9.08. The van der Waals surface area contributed by atoms with Crippen LogP contribution >= 0.6 is 11.3 Å². The highest BCUT2D eigenvalue weighted by atomic mass is 32.2. The number of thiazole rings is 1.